The van der Waals surface area contributed by atoms with E-state index < -0.39 is 0 Å². The molecule has 19 heavy (non-hydrogen) atoms. The molecule has 0 bridgehead atoms. The molecular formula is C13H15BrClFN2O. The smallest absolute Gasteiger partial charge is 0.139 e. The van der Waals surface area contributed by atoms with Gasteiger partial charge in [0.25, 0.3) is 0 Å². The van der Waals surface area contributed by atoms with E-state index in [1.54, 1.807) is 6.07 Å². The van der Waals surface area contributed by atoms with Gasteiger partial charge in [0.2, 0.25) is 0 Å². The maximum atomic E-state index is 13.6. The van der Waals surface area contributed by atoms with Crippen molar-refractivity contribution in [2.24, 2.45) is 0 Å². The highest BCUT2D eigenvalue weighted by Gasteiger charge is 2.13. The molecule has 0 unspecified atom stereocenters. The molecule has 0 aliphatic heterocycles. The van der Waals surface area contributed by atoms with Crippen molar-refractivity contribution in [1.82, 2.24) is 9.55 Å². The van der Waals surface area contributed by atoms with Crippen molar-refractivity contribution in [1.29, 1.82) is 0 Å². The van der Waals surface area contributed by atoms with Crippen LogP contribution in [0.3, 0.4) is 0 Å². The van der Waals surface area contributed by atoms with Crippen molar-refractivity contribution in [3.8, 4) is 0 Å². The minimum absolute atomic E-state index is 0.167. The van der Waals surface area contributed by atoms with Crippen LogP contribution in [-0.4, -0.2) is 22.3 Å². The summed E-state index contributed by atoms with van der Waals surface area (Å²) < 4.78 is 21.5. The first-order valence-electron chi connectivity index (χ1n) is 6.04. The summed E-state index contributed by atoms with van der Waals surface area (Å²) in [6.07, 6.45) is 0.167. The number of aromatic nitrogens is 2. The molecule has 3 nitrogen and oxygen atoms in total. The van der Waals surface area contributed by atoms with Crippen molar-refractivity contribution in [3.63, 3.8) is 0 Å². The number of nitrogens with zero attached hydrogens (tertiary/aromatic N) is 2. The van der Waals surface area contributed by atoms with E-state index in [1.165, 1.54) is 6.07 Å². The Morgan fingerprint density at radius 1 is 1.47 bits per heavy atom. The van der Waals surface area contributed by atoms with Crippen LogP contribution in [0.2, 0.25) is 0 Å². The van der Waals surface area contributed by atoms with Crippen LogP contribution in [0.5, 0.6) is 0 Å². The molecule has 104 valence electrons. The number of benzene rings is 1. The Morgan fingerprint density at radius 3 is 2.84 bits per heavy atom. The summed E-state index contributed by atoms with van der Waals surface area (Å²) in [6, 6.07) is 3.14. The van der Waals surface area contributed by atoms with E-state index in [4.69, 9.17) is 16.3 Å². The van der Waals surface area contributed by atoms with Crippen LogP contribution in [-0.2, 0) is 17.2 Å². The first-order valence-corrected chi connectivity index (χ1v) is 7.37. The molecule has 0 radical (unpaired) electrons. The highest BCUT2D eigenvalue weighted by Crippen LogP contribution is 2.24. The predicted octanol–water partition coefficient (Wildman–Crippen LogP) is 4.10. The molecule has 6 heteroatoms. The van der Waals surface area contributed by atoms with Gasteiger partial charge in [-0.15, -0.1) is 11.6 Å². The average molecular weight is 350 g/mol. The second-order valence-corrected chi connectivity index (χ2v) is 5.61. The SMILES string of the molecule is CC(C)OCCn1c(CCl)nc2cc(Br)c(F)cc21. The summed E-state index contributed by atoms with van der Waals surface area (Å²) in [5.41, 5.74) is 1.47. The molecule has 0 atom stereocenters. The number of alkyl halides is 1. The van der Waals surface area contributed by atoms with Gasteiger partial charge in [0.1, 0.15) is 11.6 Å². The minimum Gasteiger partial charge on any atom is -0.377 e. The number of hydrogen-bond acceptors (Lipinski definition) is 2. The fourth-order valence-corrected chi connectivity index (χ4v) is 2.44. The van der Waals surface area contributed by atoms with E-state index >= 15 is 0 Å². The third-order valence-corrected chi connectivity index (χ3v) is 3.60. The van der Waals surface area contributed by atoms with Crippen LogP contribution in [0.15, 0.2) is 16.6 Å². The van der Waals surface area contributed by atoms with Gasteiger partial charge in [0.05, 0.1) is 34.1 Å². The van der Waals surface area contributed by atoms with Gasteiger partial charge in [-0.2, -0.15) is 0 Å². The number of imidazole rings is 1. The standard InChI is InChI=1S/C13H15BrClFN2O/c1-8(2)19-4-3-18-12-6-10(16)9(14)5-11(12)17-13(18)7-15/h5-6,8H,3-4,7H2,1-2H3. The van der Waals surface area contributed by atoms with Crippen molar-refractivity contribution >= 4 is 38.6 Å². The predicted molar refractivity (Wildman–Crippen MR) is 78.0 cm³/mol. The van der Waals surface area contributed by atoms with Crippen molar-refractivity contribution in [2.45, 2.75) is 32.4 Å². The summed E-state index contributed by atoms with van der Waals surface area (Å²) >= 11 is 9.06. The zero-order valence-corrected chi connectivity index (χ0v) is 13.1. The molecule has 0 aliphatic carbocycles. The van der Waals surface area contributed by atoms with Crippen LogP contribution in [0.4, 0.5) is 4.39 Å². The Labute approximate surface area is 124 Å². The Bertz CT molecular complexity index is 586. The van der Waals surface area contributed by atoms with Gasteiger partial charge >= 0.3 is 0 Å². The molecule has 1 heterocycles. The van der Waals surface area contributed by atoms with E-state index in [0.29, 0.717) is 17.6 Å². The first kappa shape index (κ1) is 14.8. The molecule has 0 saturated heterocycles. The molecule has 0 amide bonds. The second-order valence-electron chi connectivity index (χ2n) is 4.49. The van der Waals surface area contributed by atoms with Crippen LogP contribution in [0, 0.1) is 5.82 Å². The molecule has 0 N–H and O–H groups in total. The zero-order valence-electron chi connectivity index (χ0n) is 10.8. The molecule has 0 spiro atoms. The van der Waals surface area contributed by atoms with Gasteiger partial charge in [0.15, 0.2) is 0 Å². The monoisotopic (exact) mass is 348 g/mol. The van der Waals surface area contributed by atoms with Crippen LogP contribution >= 0.6 is 27.5 Å². The van der Waals surface area contributed by atoms with E-state index in [0.717, 1.165) is 16.9 Å². The van der Waals surface area contributed by atoms with Gasteiger partial charge < -0.3 is 9.30 Å². The zero-order chi connectivity index (χ0) is 14.0. The summed E-state index contributed by atoms with van der Waals surface area (Å²) in [4.78, 5) is 4.41. The molecule has 0 aliphatic rings. The van der Waals surface area contributed by atoms with Gasteiger partial charge in [-0.3, -0.25) is 0 Å². The molecule has 2 rings (SSSR count). The van der Waals surface area contributed by atoms with E-state index in [-0.39, 0.29) is 17.8 Å². The van der Waals surface area contributed by atoms with Crippen LogP contribution in [0.1, 0.15) is 19.7 Å². The minimum atomic E-state index is -0.306. The highest BCUT2D eigenvalue weighted by molar-refractivity contribution is 9.10. The molecule has 0 fully saturated rings. The maximum Gasteiger partial charge on any atom is 0.139 e. The van der Waals surface area contributed by atoms with Crippen LogP contribution < -0.4 is 0 Å². The van der Waals surface area contributed by atoms with E-state index in [1.807, 2.05) is 18.4 Å². The van der Waals surface area contributed by atoms with Gasteiger partial charge in [-0.25, -0.2) is 9.37 Å². The van der Waals surface area contributed by atoms with Crippen molar-refractivity contribution < 1.29 is 9.13 Å². The lowest BCUT2D eigenvalue weighted by Gasteiger charge is -2.10. The van der Waals surface area contributed by atoms with Crippen molar-refractivity contribution in [2.75, 3.05) is 6.61 Å². The van der Waals surface area contributed by atoms with E-state index in [9.17, 15) is 4.39 Å². The number of hydrogen-bond donors (Lipinski definition) is 0. The maximum absolute atomic E-state index is 13.6. The number of fused-ring (bicyclic) bond motifs is 1. The van der Waals surface area contributed by atoms with Gasteiger partial charge in [-0.05, 0) is 35.8 Å². The average Bonchev–Trinajstić information content (AvgIpc) is 2.67. The highest BCUT2D eigenvalue weighted by atomic mass is 79.9. The third-order valence-electron chi connectivity index (χ3n) is 2.75. The fourth-order valence-electron chi connectivity index (χ4n) is 1.90. The summed E-state index contributed by atoms with van der Waals surface area (Å²) in [5, 5.41) is 0. The largest absolute Gasteiger partial charge is 0.377 e. The Hall–Kier alpha value is -0.650. The van der Waals surface area contributed by atoms with Crippen molar-refractivity contribution in [3.05, 3.63) is 28.2 Å². The Morgan fingerprint density at radius 2 is 2.21 bits per heavy atom. The molecule has 0 saturated carbocycles. The molecule has 1 aromatic carbocycles. The van der Waals surface area contributed by atoms with E-state index in [2.05, 4.69) is 20.9 Å². The fraction of sp³-hybridized carbons (Fsp3) is 0.462. The Balaban J connectivity index is 2.36. The normalized spacial score (nSPS) is 11.7. The van der Waals surface area contributed by atoms with Crippen LogP contribution in [0.25, 0.3) is 11.0 Å². The summed E-state index contributed by atoms with van der Waals surface area (Å²) in [6.45, 7) is 5.11. The number of halogens is 3. The first-order chi connectivity index (χ1) is 9.02. The number of rotatable bonds is 5. The summed E-state index contributed by atoms with van der Waals surface area (Å²) in [5.74, 6) is 0.705. The molecule has 2 aromatic rings. The molecule has 1 aromatic heterocycles. The van der Waals surface area contributed by atoms with Gasteiger partial charge in [0, 0.05) is 12.6 Å². The third kappa shape index (κ3) is 3.27. The Kier molecular flexibility index (Phi) is 4.81. The quantitative estimate of drug-likeness (QED) is 0.760. The number of ether oxygens (including phenoxy) is 1. The lowest BCUT2D eigenvalue weighted by Crippen LogP contribution is -2.12. The second kappa shape index (κ2) is 6.20. The lowest BCUT2D eigenvalue weighted by molar-refractivity contribution is 0.0729. The van der Waals surface area contributed by atoms with Gasteiger partial charge in [-0.1, -0.05) is 0 Å². The lowest BCUT2D eigenvalue weighted by atomic mass is 10.3. The topological polar surface area (TPSA) is 27.1 Å². The molecular weight excluding hydrogens is 335 g/mol. The summed E-state index contributed by atoms with van der Waals surface area (Å²) in [7, 11) is 0.